The van der Waals surface area contributed by atoms with Crippen molar-refractivity contribution in [1.82, 2.24) is 9.47 Å². The Hall–Kier alpha value is -2.34. The van der Waals surface area contributed by atoms with Gasteiger partial charge in [-0.3, -0.25) is 4.79 Å². The zero-order chi connectivity index (χ0) is 19.0. The van der Waals surface area contributed by atoms with Gasteiger partial charge in [0.15, 0.2) is 0 Å². The van der Waals surface area contributed by atoms with Gasteiger partial charge in [-0.1, -0.05) is 29.8 Å². The minimum Gasteiger partial charge on any atom is -0.385 e. The lowest BCUT2D eigenvalue weighted by Crippen LogP contribution is -2.80. The predicted molar refractivity (Wildman–Crippen MR) is 107 cm³/mol. The first-order valence-corrected chi connectivity index (χ1v) is 9.55. The van der Waals surface area contributed by atoms with E-state index in [0.717, 1.165) is 40.8 Å². The normalized spacial score (nSPS) is 15.2. The number of rotatable bonds is 5. The number of para-hydroxylation sites is 1. The Kier molecular flexibility index (Phi) is 4.91. The number of aromatic nitrogens is 1. The molecule has 4 rings (SSSR count). The summed E-state index contributed by atoms with van der Waals surface area (Å²) in [7, 11) is 1.83. The molecule has 5 nitrogen and oxygen atoms in total. The number of nitrogens with two attached hydrogens (primary N) is 1. The molecule has 0 spiro atoms. The molecular weight excluding hydrogens is 362 g/mol. The monoisotopic (exact) mass is 384 g/mol. The minimum atomic E-state index is -0.583. The van der Waals surface area contributed by atoms with Crippen molar-refractivity contribution in [2.45, 2.75) is 19.1 Å². The van der Waals surface area contributed by atoms with Crippen molar-refractivity contribution in [1.29, 1.82) is 0 Å². The van der Waals surface area contributed by atoms with Crippen LogP contribution >= 0.6 is 11.6 Å². The molecule has 1 aromatic heterocycles. The molecular formula is C21H23ClN3O2+. The highest BCUT2D eigenvalue weighted by molar-refractivity contribution is 6.30. The second-order valence-electron chi connectivity index (χ2n) is 7.08. The third kappa shape index (κ3) is 3.46. The molecule has 2 aromatic carbocycles. The molecule has 1 aliphatic heterocycles. The first-order valence-electron chi connectivity index (χ1n) is 9.17. The third-order valence-electron chi connectivity index (χ3n) is 5.21. The van der Waals surface area contributed by atoms with Crippen molar-refractivity contribution < 1.29 is 15.2 Å². The van der Waals surface area contributed by atoms with Crippen LogP contribution in [0.2, 0.25) is 5.02 Å². The summed E-state index contributed by atoms with van der Waals surface area (Å²) < 4.78 is 1.99. The molecule has 3 aromatic rings. The van der Waals surface area contributed by atoms with Crippen LogP contribution in [0, 0.1) is 0 Å². The number of amides is 1. The van der Waals surface area contributed by atoms with E-state index < -0.39 is 6.10 Å². The molecule has 1 amide bonds. The molecule has 140 valence electrons. The number of likely N-dealkylation sites (N-methyl/N-ethyl adjacent to an activating group) is 1. The van der Waals surface area contributed by atoms with E-state index in [0.29, 0.717) is 18.1 Å². The van der Waals surface area contributed by atoms with Gasteiger partial charge >= 0.3 is 0 Å². The van der Waals surface area contributed by atoms with Gasteiger partial charge in [0.25, 0.3) is 5.91 Å². The fourth-order valence-electron chi connectivity index (χ4n) is 3.78. The summed E-state index contributed by atoms with van der Waals surface area (Å²) in [5, 5.41) is 14.4. The van der Waals surface area contributed by atoms with Gasteiger partial charge in [0.05, 0.1) is 6.54 Å². The van der Waals surface area contributed by atoms with E-state index in [4.69, 9.17) is 11.6 Å². The van der Waals surface area contributed by atoms with Crippen molar-refractivity contribution in [3.8, 4) is 0 Å². The van der Waals surface area contributed by atoms with Crippen LogP contribution in [0.3, 0.4) is 0 Å². The van der Waals surface area contributed by atoms with Crippen molar-refractivity contribution >= 4 is 34.1 Å². The van der Waals surface area contributed by atoms with Crippen LogP contribution in [0.1, 0.15) is 16.1 Å². The fourth-order valence-corrected chi connectivity index (χ4v) is 3.91. The van der Waals surface area contributed by atoms with Crippen molar-refractivity contribution in [3.63, 3.8) is 0 Å². The summed E-state index contributed by atoms with van der Waals surface area (Å²) >= 11 is 5.92. The zero-order valence-electron chi connectivity index (χ0n) is 15.2. The van der Waals surface area contributed by atoms with Gasteiger partial charge in [-0.05, 0) is 30.2 Å². The number of nitrogens with zero attached hydrogens (tertiary/aromatic N) is 2. The van der Waals surface area contributed by atoms with E-state index in [1.54, 1.807) is 4.90 Å². The molecule has 0 radical (unpaired) electrons. The average Bonchev–Trinajstić information content (AvgIpc) is 2.99. The van der Waals surface area contributed by atoms with Gasteiger partial charge in [0.1, 0.15) is 24.0 Å². The Morgan fingerprint density at radius 3 is 2.70 bits per heavy atom. The Labute approximate surface area is 163 Å². The molecule has 2 heterocycles. The number of benzene rings is 2. The summed E-state index contributed by atoms with van der Waals surface area (Å²) in [5.74, 6) is 0.0290. The maximum atomic E-state index is 12.8. The molecule has 0 saturated heterocycles. The Balaban J connectivity index is 1.59. The van der Waals surface area contributed by atoms with E-state index in [-0.39, 0.29) is 5.91 Å². The van der Waals surface area contributed by atoms with Crippen molar-refractivity contribution in [2.75, 3.05) is 20.1 Å². The molecule has 6 heteroatoms. The second kappa shape index (κ2) is 7.35. The molecule has 27 heavy (non-hydrogen) atoms. The summed E-state index contributed by atoms with van der Waals surface area (Å²) in [4.78, 5) is 14.6. The maximum Gasteiger partial charge on any atom is 0.270 e. The highest BCUT2D eigenvalue weighted by atomic mass is 35.5. The number of halogens is 1. The van der Waals surface area contributed by atoms with Crippen LogP contribution in [0.5, 0.6) is 0 Å². The predicted octanol–water partition coefficient (Wildman–Crippen LogP) is 2.18. The lowest BCUT2D eigenvalue weighted by Gasteiger charge is -2.25. The van der Waals surface area contributed by atoms with E-state index >= 15 is 0 Å². The summed E-state index contributed by atoms with van der Waals surface area (Å²) in [6, 6.07) is 15.6. The van der Waals surface area contributed by atoms with Crippen LogP contribution in [0.15, 0.2) is 48.5 Å². The van der Waals surface area contributed by atoms with Crippen LogP contribution in [0.25, 0.3) is 10.9 Å². The summed E-state index contributed by atoms with van der Waals surface area (Å²) in [6.45, 7) is 1.62. The van der Waals surface area contributed by atoms with Gasteiger partial charge in [-0.25, -0.2) is 0 Å². The smallest absolute Gasteiger partial charge is 0.270 e. The Morgan fingerprint density at radius 1 is 1.19 bits per heavy atom. The van der Waals surface area contributed by atoms with Crippen LogP contribution in [0.4, 0.5) is 5.69 Å². The number of hydrogen-bond acceptors (Lipinski definition) is 2. The SMILES string of the molecule is CN1CCc2c(n(CC(O)C[NH2+]c3ccc(Cl)cc3)c3ccccc23)C1=O. The quantitative estimate of drug-likeness (QED) is 0.662. The largest absolute Gasteiger partial charge is 0.385 e. The van der Waals surface area contributed by atoms with Crippen LogP contribution in [-0.2, 0) is 13.0 Å². The molecule has 0 bridgehead atoms. The number of fused-ring (bicyclic) bond motifs is 3. The number of hydrogen-bond donors (Lipinski definition) is 2. The zero-order valence-corrected chi connectivity index (χ0v) is 16.0. The third-order valence-corrected chi connectivity index (χ3v) is 5.46. The number of carbonyl (C=O) groups excluding carboxylic acids is 1. The van der Waals surface area contributed by atoms with Gasteiger partial charge in [0.2, 0.25) is 0 Å². The maximum absolute atomic E-state index is 12.8. The number of quaternary nitrogens is 1. The van der Waals surface area contributed by atoms with E-state index in [1.807, 2.05) is 59.4 Å². The molecule has 0 aliphatic carbocycles. The van der Waals surface area contributed by atoms with Crippen molar-refractivity contribution in [2.24, 2.45) is 0 Å². The lowest BCUT2D eigenvalue weighted by atomic mass is 10.0. The summed E-state index contributed by atoms with van der Waals surface area (Å²) in [6.07, 6.45) is 0.263. The molecule has 1 unspecified atom stereocenters. The Bertz CT molecular complexity index is 981. The Morgan fingerprint density at radius 2 is 1.93 bits per heavy atom. The molecule has 1 aliphatic rings. The number of aliphatic hydroxyl groups is 1. The van der Waals surface area contributed by atoms with Gasteiger partial charge in [-0.15, -0.1) is 0 Å². The van der Waals surface area contributed by atoms with Crippen LogP contribution < -0.4 is 5.32 Å². The second-order valence-corrected chi connectivity index (χ2v) is 7.51. The average molecular weight is 385 g/mol. The van der Waals surface area contributed by atoms with Gasteiger partial charge in [-0.2, -0.15) is 0 Å². The van der Waals surface area contributed by atoms with Gasteiger partial charge < -0.3 is 19.9 Å². The standard InChI is InChI=1S/C21H22ClN3O2/c1-24-11-10-18-17-4-2-3-5-19(17)25(20(18)21(24)27)13-16(26)12-23-15-8-6-14(22)7-9-15/h2-9,16,23,26H,10-13H2,1H3/p+1. The number of aliphatic hydroxyl groups excluding tert-OH is 1. The van der Waals surface area contributed by atoms with Crippen molar-refractivity contribution in [3.05, 3.63) is 64.8 Å². The fraction of sp³-hybridized carbons (Fsp3) is 0.286. The van der Waals surface area contributed by atoms with Gasteiger partial charge in [0, 0.05) is 41.7 Å². The molecule has 3 N–H and O–H groups in total. The van der Waals surface area contributed by atoms with Crippen LogP contribution in [-0.4, -0.2) is 46.7 Å². The molecule has 0 saturated carbocycles. The number of carbonyl (C=O) groups is 1. The molecule has 0 fully saturated rings. The van der Waals surface area contributed by atoms with E-state index in [1.165, 1.54) is 0 Å². The first kappa shape index (κ1) is 18.0. The highest BCUT2D eigenvalue weighted by Crippen LogP contribution is 2.30. The van der Waals surface area contributed by atoms with E-state index in [2.05, 4.69) is 6.07 Å². The summed E-state index contributed by atoms with van der Waals surface area (Å²) in [5.41, 5.74) is 3.85. The minimum absolute atomic E-state index is 0.0290. The lowest BCUT2D eigenvalue weighted by molar-refractivity contribution is -0.580. The highest BCUT2D eigenvalue weighted by Gasteiger charge is 2.29. The van der Waals surface area contributed by atoms with E-state index in [9.17, 15) is 9.90 Å². The topological polar surface area (TPSA) is 62.1 Å². The molecule has 1 atom stereocenters. The first-order chi connectivity index (χ1) is 13.0.